The van der Waals surface area contributed by atoms with Gasteiger partial charge in [-0.2, -0.15) is 18.2 Å². The lowest BCUT2D eigenvalue weighted by Gasteiger charge is -2.07. The molecule has 0 saturated heterocycles. The molecule has 0 atom stereocenters. The summed E-state index contributed by atoms with van der Waals surface area (Å²) < 4.78 is 56.4. The molecule has 130 valence electrons. The van der Waals surface area contributed by atoms with Crippen molar-refractivity contribution in [3.05, 3.63) is 70.2 Å². The summed E-state index contributed by atoms with van der Waals surface area (Å²) in [6.07, 6.45) is -3.06. The molecule has 0 aliphatic rings. The Morgan fingerprint density at radius 3 is 2.56 bits per heavy atom. The molecule has 3 rings (SSSR count). The first-order chi connectivity index (χ1) is 11.8. The van der Waals surface area contributed by atoms with Gasteiger partial charge in [0.05, 0.1) is 0 Å². The van der Waals surface area contributed by atoms with Gasteiger partial charge in [-0.15, -0.1) is 0 Å². The quantitative estimate of drug-likeness (QED) is 0.675. The molecule has 25 heavy (non-hydrogen) atoms. The molecule has 0 fully saturated rings. The maximum Gasteiger partial charge on any atom is 0.471 e. The Labute approximate surface area is 138 Å². The molecule has 0 saturated carbocycles. The van der Waals surface area contributed by atoms with Crippen molar-refractivity contribution in [2.75, 3.05) is 0 Å². The highest BCUT2D eigenvalue weighted by molar-refractivity contribution is 5.52. The average molecular weight is 353 g/mol. The Kier molecular flexibility index (Phi) is 4.39. The van der Waals surface area contributed by atoms with Crippen molar-refractivity contribution in [2.24, 2.45) is 0 Å². The summed E-state index contributed by atoms with van der Waals surface area (Å²) in [6.45, 7) is 0.222. The fourth-order valence-electron chi connectivity index (χ4n) is 2.23. The van der Waals surface area contributed by atoms with Gasteiger partial charge in [-0.1, -0.05) is 23.4 Å². The molecule has 0 spiro atoms. The van der Waals surface area contributed by atoms with Crippen LogP contribution in [-0.2, 0) is 19.1 Å². The van der Waals surface area contributed by atoms with Gasteiger partial charge >= 0.3 is 12.1 Å². The molecule has 3 aromatic rings. The molecule has 0 amide bonds. The predicted octanol–water partition coefficient (Wildman–Crippen LogP) is 3.30. The van der Waals surface area contributed by atoms with Crippen LogP contribution in [-0.4, -0.2) is 14.7 Å². The number of benzene rings is 1. The van der Waals surface area contributed by atoms with Gasteiger partial charge < -0.3 is 9.09 Å². The predicted molar refractivity (Wildman–Crippen MR) is 79.1 cm³/mol. The first-order valence-corrected chi connectivity index (χ1v) is 7.20. The number of halogens is 4. The third kappa shape index (κ3) is 3.76. The summed E-state index contributed by atoms with van der Waals surface area (Å²) in [4.78, 5) is 15.3. The molecular weight excluding hydrogens is 342 g/mol. The minimum atomic E-state index is -4.75. The van der Waals surface area contributed by atoms with E-state index < -0.39 is 17.6 Å². The van der Waals surface area contributed by atoms with Crippen LogP contribution in [0.3, 0.4) is 0 Å². The van der Waals surface area contributed by atoms with E-state index in [0.29, 0.717) is 12.0 Å². The summed E-state index contributed by atoms with van der Waals surface area (Å²) in [7, 11) is 0. The van der Waals surface area contributed by atoms with Gasteiger partial charge in [-0.25, -0.2) is 4.39 Å². The molecule has 0 aliphatic heterocycles. The number of alkyl halides is 3. The Hall–Kier alpha value is -2.97. The zero-order chi connectivity index (χ0) is 18.0. The third-order valence-electron chi connectivity index (χ3n) is 3.50. The Bertz CT molecular complexity index is 947. The molecular formula is C16H11F4N3O2. The SMILES string of the molecule is O=c1cc(-c2noc(C(F)(F)F)n2)ccn1CCc1ccccc1F. The van der Waals surface area contributed by atoms with Gasteiger partial charge in [-0.05, 0) is 24.1 Å². The maximum atomic E-state index is 13.6. The topological polar surface area (TPSA) is 60.9 Å². The second-order valence-electron chi connectivity index (χ2n) is 5.21. The van der Waals surface area contributed by atoms with Crippen LogP contribution in [0.25, 0.3) is 11.4 Å². The number of hydrogen-bond donors (Lipinski definition) is 0. The molecule has 0 radical (unpaired) electrons. The highest BCUT2D eigenvalue weighted by Gasteiger charge is 2.38. The Morgan fingerprint density at radius 1 is 1.16 bits per heavy atom. The third-order valence-corrected chi connectivity index (χ3v) is 3.50. The van der Waals surface area contributed by atoms with Crippen LogP contribution in [0.4, 0.5) is 17.6 Å². The maximum absolute atomic E-state index is 13.6. The molecule has 9 heteroatoms. The van der Waals surface area contributed by atoms with Crippen LogP contribution in [0.2, 0.25) is 0 Å². The van der Waals surface area contributed by atoms with E-state index in [0.717, 1.165) is 6.07 Å². The van der Waals surface area contributed by atoms with E-state index in [1.165, 1.54) is 22.9 Å². The van der Waals surface area contributed by atoms with Crippen LogP contribution in [0.5, 0.6) is 0 Å². The first kappa shape index (κ1) is 16.9. The van der Waals surface area contributed by atoms with Crippen molar-refractivity contribution in [1.82, 2.24) is 14.7 Å². The van der Waals surface area contributed by atoms with Crippen LogP contribution >= 0.6 is 0 Å². The lowest BCUT2D eigenvalue weighted by atomic mass is 10.1. The summed E-state index contributed by atoms with van der Waals surface area (Å²) in [5.74, 6) is -2.17. The van der Waals surface area contributed by atoms with Gasteiger partial charge in [0.15, 0.2) is 0 Å². The largest absolute Gasteiger partial charge is 0.471 e. The van der Waals surface area contributed by atoms with E-state index in [1.807, 2.05) is 0 Å². The molecule has 5 nitrogen and oxygen atoms in total. The standard InChI is InChI=1S/C16H11F4N3O2/c17-12-4-2-1-3-10(12)5-7-23-8-6-11(9-13(23)24)14-21-15(25-22-14)16(18,19)20/h1-4,6,8-9H,5,7H2. The van der Waals surface area contributed by atoms with Crippen LogP contribution < -0.4 is 5.56 Å². The van der Waals surface area contributed by atoms with Crippen LogP contribution in [0.1, 0.15) is 11.5 Å². The molecule has 0 unspecified atom stereocenters. The van der Waals surface area contributed by atoms with Gasteiger partial charge in [0.1, 0.15) is 5.82 Å². The fourth-order valence-corrected chi connectivity index (χ4v) is 2.23. The second-order valence-corrected chi connectivity index (χ2v) is 5.21. The van der Waals surface area contributed by atoms with E-state index in [9.17, 15) is 22.4 Å². The van der Waals surface area contributed by atoms with Crippen molar-refractivity contribution in [2.45, 2.75) is 19.1 Å². The van der Waals surface area contributed by atoms with Gasteiger partial charge in [0.25, 0.3) is 5.56 Å². The van der Waals surface area contributed by atoms with Gasteiger partial charge in [0.2, 0.25) is 5.82 Å². The minimum Gasteiger partial charge on any atom is -0.329 e. The highest BCUT2D eigenvalue weighted by atomic mass is 19.4. The lowest BCUT2D eigenvalue weighted by Crippen LogP contribution is -2.20. The lowest BCUT2D eigenvalue weighted by molar-refractivity contribution is -0.159. The van der Waals surface area contributed by atoms with Crippen LogP contribution in [0, 0.1) is 5.82 Å². The normalized spacial score (nSPS) is 11.7. The van der Waals surface area contributed by atoms with Crippen molar-refractivity contribution in [3.8, 4) is 11.4 Å². The second kappa shape index (κ2) is 6.50. The van der Waals surface area contributed by atoms with Gasteiger partial charge in [0, 0.05) is 24.4 Å². The molecule has 0 N–H and O–H groups in total. The molecule has 1 aromatic carbocycles. The molecule has 0 aliphatic carbocycles. The Morgan fingerprint density at radius 2 is 1.92 bits per heavy atom. The van der Waals surface area contributed by atoms with E-state index in [2.05, 4.69) is 14.7 Å². The van der Waals surface area contributed by atoms with Crippen molar-refractivity contribution in [3.63, 3.8) is 0 Å². The van der Waals surface area contributed by atoms with E-state index in [4.69, 9.17) is 0 Å². The number of hydrogen-bond acceptors (Lipinski definition) is 4. The summed E-state index contributed by atoms with van der Waals surface area (Å²) >= 11 is 0. The summed E-state index contributed by atoms with van der Waals surface area (Å²) in [6, 6.07) is 8.71. The number of aromatic nitrogens is 3. The number of rotatable bonds is 4. The first-order valence-electron chi connectivity index (χ1n) is 7.20. The van der Waals surface area contributed by atoms with E-state index >= 15 is 0 Å². The number of pyridine rings is 1. The number of nitrogens with zero attached hydrogens (tertiary/aromatic N) is 3. The zero-order valence-corrected chi connectivity index (χ0v) is 12.6. The summed E-state index contributed by atoms with van der Waals surface area (Å²) in [5.41, 5.74) is 0.102. The summed E-state index contributed by atoms with van der Waals surface area (Å²) in [5, 5.41) is 3.22. The van der Waals surface area contributed by atoms with E-state index in [1.54, 1.807) is 18.2 Å². The van der Waals surface area contributed by atoms with Crippen LogP contribution in [0.15, 0.2) is 51.9 Å². The molecule has 2 aromatic heterocycles. The Balaban J connectivity index is 1.78. The monoisotopic (exact) mass is 353 g/mol. The number of aryl methyl sites for hydroxylation is 2. The van der Waals surface area contributed by atoms with Crippen molar-refractivity contribution >= 4 is 0 Å². The van der Waals surface area contributed by atoms with Crippen molar-refractivity contribution < 1.29 is 22.1 Å². The minimum absolute atomic E-state index is 0.103. The van der Waals surface area contributed by atoms with Gasteiger partial charge in [-0.3, -0.25) is 4.79 Å². The molecule has 2 heterocycles. The average Bonchev–Trinajstić information content (AvgIpc) is 3.05. The fraction of sp³-hybridized carbons (Fsp3) is 0.188. The highest BCUT2D eigenvalue weighted by Crippen LogP contribution is 2.29. The smallest absolute Gasteiger partial charge is 0.329 e. The van der Waals surface area contributed by atoms with Crippen molar-refractivity contribution in [1.29, 1.82) is 0 Å². The zero-order valence-electron chi connectivity index (χ0n) is 12.6. The molecule has 0 bridgehead atoms. The van der Waals surface area contributed by atoms with E-state index in [-0.39, 0.29) is 23.7 Å².